The number of carbonyl (C=O) groups excluding carboxylic acids is 2. The van der Waals surface area contributed by atoms with E-state index in [1.165, 1.54) is 0 Å². The number of nitrogens with one attached hydrogen (secondary N) is 1. The average molecular weight is 296 g/mol. The van der Waals surface area contributed by atoms with Crippen LogP contribution in [0.15, 0.2) is 0 Å². The molecule has 0 aliphatic carbocycles. The Labute approximate surface area is 129 Å². The smallest absolute Gasteiger partial charge is 0.246 e. The molecule has 0 aromatic heterocycles. The van der Waals surface area contributed by atoms with Gasteiger partial charge in [0.15, 0.2) is 0 Å². The number of amides is 2. The molecule has 0 aromatic carbocycles. The van der Waals surface area contributed by atoms with E-state index < -0.39 is 12.1 Å². The van der Waals surface area contributed by atoms with Gasteiger partial charge in [0.25, 0.3) is 0 Å². The summed E-state index contributed by atoms with van der Waals surface area (Å²) in [4.78, 5) is 27.1. The molecule has 4 nitrogen and oxygen atoms in total. The third kappa shape index (κ3) is 3.98. The number of hydrogen-bond donors (Lipinski definition) is 1. The predicted molar refractivity (Wildman–Crippen MR) is 85.8 cm³/mol. The Kier molecular flexibility index (Phi) is 4.53. The molecule has 1 fully saturated rings. The Hall–Kier alpha value is -1.06. The molecule has 0 saturated carbocycles. The summed E-state index contributed by atoms with van der Waals surface area (Å²) >= 11 is 0. The first-order valence-corrected chi connectivity index (χ1v) is 7.80. The average Bonchev–Trinajstić information content (AvgIpc) is 2.17. The van der Waals surface area contributed by atoms with Gasteiger partial charge in [-0.2, -0.15) is 0 Å². The van der Waals surface area contributed by atoms with Crippen molar-refractivity contribution in [2.24, 2.45) is 10.8 Å². The van der Waals surface area contributed by atoms with E-state index in [1.54, 1.807) is 4.90 Å². The van der Waals surface area contributed by atoms with E-state index in [4.69, 9.17) is 0 Å². The van der Waals surface area contributed by atoms with Gasteiger partial charge in [-0.15, -0.1) is 0 Å². The third-order valence-electron chi connectivity index (χ3n) is 4.02. The van der Waals surface area contributed by atoms with Crippen LogP contribution in [0.4, 0.5) is 0 Å². The van der Waals surface area contributed by atoms with Gasteiger partial charge in [-0.1, -0.05) is 41.5 Å². The van der Waals surface area contributed by atoms with Gasteiger partial charge in [-0.3, -0.25) is 9.59 Å². The van der Waals surface area contributed by atoms with Gasteiger partial charge in [0, 0.05) is 5.54 Å². The zero-order valence-corrected chi connectivity index (χ0v) is 15.1. The molecule has 0 spiro atoms. The third-order valence-corrected chi connectivity index (χ3v) is 4.02. The van der Waals surface area contributed by atoms with Crippen molar-refractivity contribution in [3.8, 4) is 0 Å². The minimum atomic E-state index is -0.458. The van der Waals surface area contributed by atoms with E-state index in [9.17, 15) is 9.59 Å². The van der Waals surface area contributed by atoms with Crippen LogP contribution in [0.2, 0.25) is 0 Å². The minimum Gasteiger partial charge on any atom is -0.342 e. The van der Waals surface area contributed by atoms with E-state index in [0.29, 0.717) is 0 Å². The van der Waals surface area contributed by atoms with Crippen molar-refractivity contribution in [2.75, 3.05) is 0 Å². The Balaban J connectivity index is 3.18. The van der Waals surface area contributed by atoms with Gasteiger partial charge >= 0.3 is 0 Å². The zero-order valence-electron chi connectivity index (χ0n) is 15.1. The Morgan fingerprint density at radius 1 is 1.00 bits per heavy atom. The van der Waals surface area contributed by atoms with Crippen LogP contribution in [0, 0.1) is 10.8 Å². The van der Waals surface area contributed by atoms with Gasteiger partial charge in [-0.25, -0.2) is 0 Å². The SMILES string of the molecule is CC1C(=O)NC(C(C)(C)C)C(=O)N1C(C)(C)CC(C)(C)C. The number of piperazine rings is 1. The van der Waals surface area contributed by atoms with Crippen LogP contribution in [0.1, 0.15) is 68.7 Å². The van der Waals surface area contributed by atoms with Crippen LogP contribution in [0.3, 0.4) is 0 Å². The molecule has 0 bridgehead atoms. The first-order valence-electron chi connectivity index (χ1n) is 7.80. The van der Waals surface area contributed by atoms with E-state index in [0.717, 1.165) is 6.42 Å². The summed E-state index contributed by atoms with van der Waals surface area (Å²) in [7, 11) is 0. The number of rotatable bonds is 2. The molecule has 2 atom stereocenters. The molecule has 0 radical (unpaired) electrons. The lowest BCUT2D eigenvalue weighted by molar-refractivity contribution is -0.159. The predicted octanol–water partition coefficient (Wildman–Crippen LogP) is 2.96. The van der Waals surface area contributed by atoms with Crippen molar-refractivity contribution < 1.29 is 9.59 Å². The molecule has 122 valence electrons. The van der Waals surface area contributed by atoms with E-state index in [1.807, 2.05) is 27.7 Å². The normalized spacial score (nSPS) is 25.1. The van der Waals surface area contributed by atoms with Crippen LogP contribution >= 0.6 is 0 Å². The molecule has 0 aromatic rings. The maximum Gasteiger partial charge on any atom is 0.246 e. The molecule has 4 heteroatoms. The number of hydrogen-bond acceptors (Lipinski definition) is 2. The van der Waals surface area contributed by atoms with Gasteiger partial charge in [-0.05, 0) is 38.0 Å². The van der Waals surface area contributed by atoms with Crippen LogP contribution < -0.4 is 5.32 Å². The second-order valence-corrected chi connectivity index (χ2v) is 9.24. The summed E-state index contributed by atoms with van der Waals surface area (Å²) in [5, 5.41) is 2.89. The van der Waals surface area contributed by atoms with Crippen molar-refractivity contribution >= 4 is 11.8 Å². The first kappa shape index (κ1) is 18.0. The summed E-state index contributed by atoms with van der Waals surface area (Å²) in [6.45, 7) is 18.4. The van der Waals surface area contributed by atoms with Crippen molar-refractivity contribution in [2.45, 2.75) is 86.4 Å². The fourth-order valence-electron chi connectivity index (χ4n) is 3.56. The fourth-order valence-corrected chi connectivity index (χ4v) is 3.56. The highest BCUT2D eigenvalue weighted by atomic mass is 16.2. The monoisotopic (exact) mass is 296 g/mol. The summed E-state index contributed by atoms with van der Waals surface area (Å²) in [5.41, 5.74) is -0.548. The fraction of sp³-hybridized carbons (Fsp3) is 0.882. The van der Waals surface area contributed by atoms with E-state index >= 15 is 0 Å². The highest BCUT2D eigenvalue weighted by molar-refractivity contribution is 5.97. The summed E-state index contributed by atoms with van der Waals surface area (Å²) in [6.07, 6.45) is 0.847. The highest BCUT2D eigenvalue weighted by Crippen LogP contribution is 2.36. The van der Waals surface area contributed by atoms with E-state index in [2.05, 4.69) is 39.9 Å². The molecular weight excluding hydrogens is 264 g/mol. The molecule has 2 unspecified atom stereocenters. The summed E-state index contributed by atoms with van der Waals surface area (Å²) < 4.78 is 0. The second-order valence-electron chi connectivity index (χ2n) is 9.24. The van der Waals surface area contributed by atoms with E-state index in [-0.39, 0.29) is 28.2 Å². The number of nitrogens with zero attached hydrogens (tertiary/aromatic N) is 1. The second kappa shape index (κ2) is 5.29. The van der Waals surface area contributed by atoms with Gasteiger partial charge in [0.2, 0.25) is 11.8 Å². The molecule has 1 saturated heterocycles. The standard InChI is InChI=1S/C17H32N2O2/c1-11-13(20)18-12(16(5,6)7)14(21)19(11)17(8,9)10-15(2,3)4/h11-12H,10H2,1-9H3,(H,18,20). The number of carbonyl (C=O) groups is 2. The summed E-state index contributed by atoms with van der Waals surface area (Å²) in [6, 6.07) is -0.881. The van der Waals surface area contributed by atoms with Gasteiger partial charge < -0.3 is 10.2 Å². The zero-order chi connectivity index (χ0) is 16.8. The summed E-state index contributed by atoms with van der Waals surface area (Å²) in [5.74, 6) is -0.0274. The van der Waals surface area contributed by atoms with Crippen LogP contribution in [0.5, 0.6) is 0 Å². The molecule has 21 heavy (non-hydrogen) atoms. The quantitative estimate of drug-likeness (QED) is 0.851. The Morgan fingerprint density at radius 2 is 1.48 bits per heavy atom. The Bertz CT molecular complexity index is 427. The van der Waals surface area contributed by atoms with Crippen molar-refractivity contribution in [1.82, 2.24) is 10.2 Å². The largest absolute Gasteiger partial charge is 0.342 e. The molecular formula is C17H32N2O2. The maximum absolute atomic E-state index is 13.0. The van der Waals surface area contributed by atoms with Gasteiger partial charge in [0.05, 0.1) is 0 Å². The van der Waals surface area contributed by atoms with Crippen LogP contribution in [-0.2, 0) is 9.59 Å². The molecule has 1 rings (SSSR count). The van der Waals surface area contributed by atoms with Crippen LogP contribution in [-0.4, -0.2) is 34.3 Å². The van der Waals surface area contributed by atoms with Crippen molar-refractivity contribution in [1.29, 1.82) is 0 Å². The van der Waals surface area contributed by atoms with Crippen LogP contribution in [0.25, 0.3) is 0 Å². The lowest BCUT2D eigenvalue weighted by Gasteiger charge is -2.50. The molecule has 1 heterocycles. The molecule has 1 N–H and O–H groups in total. The minimum absolute atomic E-state index is 0.0313. The first-order chi connectivity index (χ1) is 9.17. The van der Waals surface area contributed by atoms with Crippen molar-refractivity contribution in [3.05, 3.63) is 0 Å². The van der Waals surface area contributed by atoms with Gasteiger partial charge in [0.1, 0.15) is 12.1 Å². The Morgan fingerprint density at radius 3 is 1.86 bits per heavy atom. The maximum atomic E-state index is 13.0. The van der Waals surface area contributed by atoms with Crippen molar-refractivity contribution in [3.63, 3.8) is 0 Å². The lowest BCUT2D eigenvalue weighted by atomic mass is 9.77. The molecule has 1 aliphatic rings. The molecule has 1 aliphatic heterocycles. The molecule has 2 amide bonds. The topological polar surface area (TPSA) is 49.4 Å². The highest BCUT2D eigenvalue weighted by Gasteiger charge is 2.49. The lowest BCUT2D eigenvalue weighted by Crippen LogP contribution is -2.70.